The lowest BCUT2D eigenvalue weighted by molar-refractivity contribution is 0.295. The van der Waals surface area contributed by atoms with E-state index in [-0.39, 0.29) is 0 Å². The summed E-state index contributed by atoms with van der Waals surface area (Å²) in [5.74, 6) is 0. The molecule has 0 aliphatic rings. The van der Waals surface area contributed by atoms with Crippen LogP contribution >= 0.6 is 11.6 Å². The first-order chi connectivity index (χ1) is 11.0. The molecule has 1 heterocycles. The van der Waals surface area contributed by atoms with Gasteiger partial charge in [0.05, 0.1) is 5.52 Å². The maximum Gasteiger partial charge on any atom is 0.0737 e. The van der Waals surface area contributed by atoms with Crippen LogP contribution in [0.4, 0.5) is 5.69 Å². The van der Waals surface area contributed by atoms with Crippen LogP contribution in [-0.2, 0) is 0 Å². The normalized spacial score (nSPS) is 12.8. The van der Waals surface area contributed by atoms with Crippen molar-refractivity contribution in [2.75, 3.05) is 25.0 Å². The maximum atomic E-state index is 6.08. The third kappa shape index (κ3) is 4.82. The molecule has 2 rings (SSSR count). The molecule has 1 N–H and O–H groups in total. The van der Waals surface area contributed by atoms with Gasteiger partial charge < -0.3 is 10.2 Å². The Bertz CT molecular complexity index is 638. The lowest BCUT2D eigenvalue weighted by atomic mass is 10.1. The fourth-order valence-electron chi connectivity index (χ4n) is 2.94. The van der Waals surface area contributed by atoms with E-state index in [0.29, 0.717) is 6.04 Å². The molecule has 0 spiro atoms. The van der Waals surface area contributed by atoms with Gasteiger partial charge in [0.1, 0.15) is 0 Å². The van der Waals surface area contributed by atoms with Gasteiger partial charge in [-0.25, -0.2) is 0 Å². The highest BCUT2D eigenvalue weighted by Gasteiger charge is 2.10. The number of halogens is 1. The standard InChI is InChI=1S/C19H28ClN3/c1-5-23(6-2)11-7-8-15(4)22-19-14(3)13-21-18-12-16(20)9-10-17(18)19/h9-10,12-13,15H,5-8,11H2,1-4H3,(H,21,22)/t15-/m1/s1. The van der Waals surface area contributed by atoms with Crippen LogP contribution in [0.25, 0.3) is 10.9 Å². The van der Waals surface area contributed by atoms with Crippen molar-refractivity contribution in [2.45, 2.75) is 46.6 Å². The summed E-state index contributed by atoms with van der Waals surface area (Å²) < 4.78 is 0. The fourth-order valence-corrected chi connectivity index (χ4v) is 3.10. The highest BCUT2D eigenvalue weighted by molar-refractivity contribution is 6.31. The van der Waals surface area contributed by atoms with Crippen LogP contribution < -0.4 is 5.32 Å². The molecule has 0 saturated carbocycles. The summed E-state index contributed by atoms with van der Waals surface area (Å²) in [6.07, 6.45) is 4.29. The lowest BCUT2D eigenvalue weighted by Crippen LogP contribution is -2.25. The number of hydrogen-bond acceptors (Lipinski definition) is 3. The van der Waals surface area contributed by atoms with Crippen molar-refractivity contribution in [3.8, 4) is 0 Å². The molecule has 0 aliphatic heterocycles. The van der Waals surface area contributed by atoms with E-state index in [4.69, 9.17) is 11.6 Å². The predicted molar refractivity (Wildman–Crippen MR) is 102 cm³/mol. The molecule has 126 valence electrons. The molecule has 1 aromatic heterocycles. The van der Waals surface area contributed by atoms with Gasteiger partial charge in [-0.1, -0.05) is 25.4 Å². The molecule has 23 heavy (non-hydrogen) atoms. The van der Waals surface area contributed by atoms with E-state index in [1.165, 1.54) is 24.2 Å². The molecule has 4 heteroatoms. The molecule has 1 atom stereocenters. The van der Waals surface area contributed by atoms with Crippen LogP contribution in [0.2, 0.25) is 5.02 Å². The van der Waals surface area contributed by atoms with Gasteiger partial charge in [-0.05, 0) is 70.1 Å². The van der Waals surface area contributed by atoms with Crippen molar-refractivity contribution in [1.82, 2.24) is 9.88 Å². The predicted octanol–water partition coefficient (Wildman–Crippen LogP) is 5.12. The molecule has 0 saturated heterocycles. The topological polar surface area (TPSA) is 28.2 Å². The molecule has 0 amide bonds. The van der Waals surface area contributed by atoms with Crippen LogP contribution in [0.5, 0.6) is 0 Å². The smallest absolute Gasteiger partial charge is 0.0737 e. The monoisotopic (exact) mass is 333 g/mol. The fraction of sp³-hybridized carbons (Fsp3) is 0.526. The van der Waals surface area contributed by atoms with Gasteiger partial charge >= 0.3 is 0 Å². The molecule has 0 fully saturated rings. The number of aryl methyl sites for hydroxylation is 1. The molecule has 3 nitrogen and oxygen atoms in total. The van der Waals surface area contributed by atoms with Gasteiger partial charge in [-0.2, -0.15) is 0 Å². The summed E-state index contributed by atoms with van der Waals surface area (Å²) in [6, 6.07) is 6.35. The molecule has 2 aromatic rings. The summed E-state index contributed by atoms with van der Waals surface area (Å²) >= 11 is 6.08. The Kier molecular flexibility index (Phi) is 6.67. The number of benzene rings is 1. The van der Waals surface area contributed by atoms with Crippen molar-refractivity contribution < 1.29 is 0 Å². The Morgan fingerprint density at radius 3 is 2.70 bits per heavy atom. The Labute approximate surface area is 145 Å². The van der Waals surface area contributed by atoms with Crippen LogP contribution in [-0.4, -0.2) is 35.6 Å². The van der Waals surface area contributed by atoms with Gasteiger partial charge in [-0.3, -0.25) is 4.98 Å². The summed E-state index contributed by atoms with van der Waals surface area (Å²) in [6.45, 7) is 12.2. The van der Waals surface area contributed by atoms with E-state index in [0.717, 1.165) is 35.4 Å². The quantitative estimate of drug-likeness (QED) is 0.726. The SMILES string of the molecule is CCN(CC)CCC[C@@H](C)Nc1c(C)cnc2cc(Cl)ccc12. The zero-order chi connectivity index (χ0) is 16.8. The molecule has 1 aromatic carbocycles. The summed E-state index contributed by atoms with van der Waals surface area (Å²) in [5, 5.41) is 5.55. The molecular formula is C19H28ClN3. The zero-order valence-corrected chi connectivity index (χ0v) is 15.5. The zero-order valence-electron chi connectivity index (χ0n) is 14.7. The Morgan fingerprint density at radius 2 is 2.00 bits per heavy atom. The maximum absolute atomic E-state index is 6.08. The number of nitrogens with zero attached hydrogens (tertiary/aromatic N) is 2. The second-order valence-corrected chi connectivity index (χ2v) is 6.63. The highest BCUT2D eigenvalue weighted by atomic mass is 35.5. The number of aromatic nitrogens is 1. The van der Waals surface area contributed by atoms with Crippen LogP contribution in [0, 0.1) is 6.92 Å². The number of rotatable bonds is 8. The third-order valence-electron chi connectivity index (χ3n) is 4.42. The first-order valence-electron chi connectivity index (χ1n) is 8.58. The third-order valence-corrected chi connectivity index (χ3v) is 4.65. The largest absolute Gasteiger partial charge is 0.382 e. The van der Waals surface area contributed by atoms with E-state index in [1.807, 2.05) is 18.3 Å². The Morgan fingerprint density at radius 1 is 1.26 bits per heavy atom. The van der Waals surface area contributed by atoms with Crippen LogP contribution in [0.15, 0.2) is 24.4 Å². The second-order valence-electron chi connectivity index (χ2n) is 6.19. The van der Waals surface area contributed by atoms with Crippen molar-refractivity contribution >= 4 is 28.2 Å². The summed E-state index contributed by atoms with van der Waals surface area (Å²) in [4.78, 5) is 6.96. The van der Waals surface area contributed by atoms with E-state index in [1.54, 1.807) is 0 Å². The summed E-state index contributed by atoms with van der Waals surface area (Å²) in [7, 11) is 0. The second kappa shape index (κ2) is 8.51. The molecule has 0 aliphatic carbocycles. The van der Waals surface area contributed by atoms with Gasteiger partial charge in [0, 0.05) is 28.3 Å². The number of nitrogens with one attached hydrogen (secondary N) is 1. The van der Waals surface area contributed by atoms with Gasteiger partial charge in [-0.15, -0.1) is 0 Å². The van der Waals surface area contributed by atoms with Gasteiger partial charge in [0.25, 0.3) is 0 Å². The molecular weight excluding hydrogens is 306 g/mol. The van der Waals surface area contributed by atoms with Crippen LogP contribution in [0.1, 0.15) is 39.2 Å². The minimum absolute atomic E-state index is 0.436. The van der Waals surface area contributed by atoms with Crippen molar-refractivity contribution in [1.29, 1.82) is 0 Å². The number of pyridine rings is 1. The van der Waals surface area contributed by atoms with E-state index in [9.17, 15) is 0 Å². The molecule has 0 radical (unpaired) electrons. The summed E-state index contributed by atoms with van der Waals surface area (Å²) in [5.41, 5.74) is 3.30. The van der Waals surface area contributed by atoms with Crippen LogP contribution in [0.3, 0.4) is 0 Å². The molecule has 0 bridgehead atoms. The van der Waals surface area contributed by atoms with Gasteiger partial charge in [0.15, 0.2) is 0 Å². The Hall–Kier alpha value is -1.32. The highest BCUT2D eigenvalue weighted by Crippen LogP contribution is 2.28. The average Bonchev–Trinajstić information content (AvgIpc) is 2.54. The van der Waals surface area contributed by atoms with Crippen molar-refractivity contribution in [3.05, 3.63) is 35.0 Å². The van der Waals surface area contributed by atoms with E-state index in [2.05, 4.69) is 49.0 Å². The van der Waals surface area contributed by atoms with E-state index >= 15 is 0 Å². The molecule has 0 unspecified atom stereocenters. The lowest BCUT2D eigenvalue weighted by Gasteiger charge is -2.21. The minimum Gasteiger partial charge on any atom is -0.382 e. The van der Waals surface area contributed by atoms with Crippen molar-refractivity contribution in [2.24, 2.45) is 0 Å². The average molecular weight is 334 g/mol. The number of fused-ring (bicyclic) bond motifs is 1. The van der Waals surface area contributed by atoms with E-state index < -0.39 is 0 Å². The number of anilines is 1. The first-order valence-corrected chi connectivity index (χ1v) is 8.96. The van der Waals surface area contributed by atoms with Crippen molar-refractivity contribution in [3.63, 3.8) is 0 Å². The minimum atomic E-state index is 0.436. The number of hydrogen-bond donors (Lipinski definition) is 1. The van der Waals surface area contributed by atoms with Gasteiger partial charge in [0.2, 0.25) is 0 Å². The Balaban J connectivity index is 2.04. The first kappa shape index (κ1) is 18.0.